The molecule has 2 rings (SSSR count). The van der Waals surface area contributed by atoms with Crippen LogP contribution in [0.2, 0.25) is 0 Å². The number of carbonyl (C=O) groups is 2. The third-order valence-corrected chi connectivity index (χ3v) is 4.11. The Balaban J connectivity index is 1.85. The van der Waals surface area contributed by atoms with E-state index in [1.54, 1.807) is 18.9 Å². The number of rotatable bonds is 8. The minimum atomic E-state index is -0.278. The number of hydrogen-bond acceptors (Lipinski definition) is 5. The quantitative estimate of drug-likeness (QED) is 0.658. The summed E-state index contributed by atoms with van der Waals surface area (Å²) in [6.45, 7) is 7.56. The third kappa shape index (κ3) is 5.35. The maximum atomic E-state index is 12.6. The molecular weight excluding hydrogens is 310 g/mol. The van der Waals surface area contributed by atoms with Gasteiger partial charge in [-0.2, -0.15) is 0 Å². The smallest absolute Gasteiger partial charge is 0.307 e. The molecule has 0 bridgehead atoms. The summed E-state index contributed by atoms with van der Waals surface area (Å²) < 4.78 is 12.2. The summed E-state index contributed by atoms with van der Waals surface area (Å²) in [5.74, 6) is -0.355. The maximum Gasteiger partial charge on any atom is 0.307 e. The Hall–Kier alpha value is -1.86. The number of morpholine rings is 1. The molecule has 1 amide bonds. The Morgan fingerprint density at radius 3 is 2.75 bits per heavy atom. The molecule has 2 heterocycles. The van der Waals surface area contributed by atoms with Crippen LogP contribution in [0.5, 0.6) is 0 Å². The molecule has 1 aliphatic rings. The molecule has 0 aliphatic carbocycles. The van der Waals surface area contributed by atoms with Crippen LogP contribution in [-0.2, 0) is 20.8 Å². The van der Waals surface area contributed by atoms with Crippen LogP contribution in [0.15, 0.2) is 18.3 Å². The summed E-state index contributed by atoms with van der Waals surface area (Å²) in [5, 5.41) is 0. The Kier molecular flexibility index (Phi) is 7.27. The van der Waals surface area contributed by atoms with Crippen molar-refractivity contribution in [2.45, 2.75) is 19.9 Å². The van der Waals surface area contributed by atoms with Crippen molar-refractivity contribution in [3.8, 4) is 0 Å². The van der Waals surface area contributed by atoms with E-state index < -0.39 is 0 Å². The summed E-state index contributed by atoms with van der Waals surface area (Å²) in [7, 11) is 1.71. The van der Waals surface area contributed by atoms with Crippen molar-refractivity contribution < 1.29 is 19.1 Å². The number of carbonyl (C=O) groups excluding carboxylic acids is 2. The van der Waals surface area contributed by atoms with Crippen LogP contribution in [-0.4, -0.2) is 79.3 Å². The van der Waals surface area contributed by atoms with Gasteiger partial charge in [-0.3, -0.25) is 14.5 Å². The lowest BCUT2D eigenvalue weighted by molar-refractivity contribution is -0.143. The highest BCUT2D eigenvalue weighted by Gasteiger charge is 2.17. The summed E-state index contributed by atoms with van der Waals surface area (Å²) >= 11 is 0. The van der Waals surface area contributed by atoms with Gasteiger partial charge in [-0.25, -0.2) is 0 Å². The zero-order chi connectivity index (χ0) is 17.4. The third-order valence-electron chi connectivity index (χ3n) is 4.11. The van der Waals surface area contributed by atoms with Gasteiger partial charge in [-0.05, 0) is 19.1 Å². The Labute approximate surface area is 143 Å². The molecule has 0 aromatic carbocycles. The first-order valence-corrected chi connectivity index (χ1v) is 8.48. The average Bonchev–Trinajstić information content (AvgIpc) is 3.07. The molecule has 1 aliphatic heterocycles. The SMILES string of the molecule is CCOC(=O)CCN(C)C(=O)c1cccn1CCN1CCOCC1. The normalized spacial score (nSPS) is 15.2. The largest absolute Gasteiger partial charge is 0.466 e. The second-order valence-electron chi connectivity index (χ2n) is 5.82. The molecule has 0 atom stereocenters. The van der Waals surface area contributed by atoms with E-state index in [0.717, 1.165) is 39.4 Å². The minimum Gasteiger partial charge on any atom is -0.466 e. The Morgan fingerprint density at radius 2 is 2.04 bits per heavy atom. The van der Waals surface area contributed by atoms with E-state index in [1.807, 2.05) is 22.9 Å². The fourth-order valence-corrected chi connectivity index (χ4v) is 2.67. The summed E-state index contributed by atoms with van der Waals surface area (Å²) in [4.78, 5) is 27.9. The van der Waals surface area contributed by atoms with Gasteiger partial charge >= 0.3 is 5.97 Å². The molecule has 1 fully saturated rings. The van der Waals surface area contributed by atoms with Gasteiger partial charge in [0.2, 0.25) is 0 Å². The minimum absolute atomic E-state index is 0.0775. The predicted molar refractivity (Wildman–Crippen MR) is 89.9 cm³/mol. The van der Waals surface area contributed by atoms with E-state index in [2.05, 4.69) is 4.90 Å². The highest BCUT2D eigenvalue weighted by Crippen LogP contribution is 2.08. The lowest BCUT2D eigenvalue weighted by atomic mass is 10.3. The van der Waals surface area contributed by atoms with E-state index in [1.165, 1.54) is 0 Å². The number of nitrogens with zero attached hydrogens (tertiary/aromatic N) is 3. The predicted octanol–water partition coefficient (Wildman–Crippen LogP) is 0.846. The van der Waals surface area contributed by atoms with Crippen LogP contribution in [0.1, 0.15) is 23.8 Å². The van der Waals surface area contributed by atoms with Gasteiger partial charge in [0.25, 0.3) is 5.91 Å². The fourth-order valence-electron chi connectivity index (χ4n) is 2.67. The molecule has 0 N–H and O–H groups in total. The van der Waals surface area contributed by atoms with Gasteiger partial charge in [0.15, 0.2) is 0 Å². The van der Waals surface area contributed by atoms with Crippen molar-refractivity contribution in [1.82, 2.24) is 14.4 Å². The first-order chi connectivity index (χ1) is 11.6. The molecule has 0 radical (unpaired) electrons. The fraction of sp³-hybridized carbons (Fsp3) is 0.647. The van der Waals surface area contributed by atoms with Crippen molar-refractivity contribution in [3.63, 3.8) is 0 Å². The van der Waals surface area contributed by atoms with E-state index in [-0.39, 0.29) is 18.3 Å². The van der Waals surface area contributed by atoms with Crippen LogP contribution in [0.25, 0.3) is 0 Å². The van der Waals surface area contributed by atoms with Gasteiger partial charge < -0.3 is 18.9 Å². The van der Waals surface area contributed by atoms with Crippen molar-refractivity contribution in [2.24, 2.45) is 0 Å². The van der Waals surface area contributed by atoms with Gasteiger partial charge in [0.05, 0.1) is 26.2 Å². The first-order valence-electron chi connectivity index (χ1n) is 8.48. The molecule has 1 aromatic heterocycles. The van der Waals surface area contributed by atoms with Crippen molar-refractivity contribution in [2.75, 3.05) is 53.0 Å². The monoisotopic (exact) mass is 337 g/mol. The topological polar surface area (TPSA) is 64.0 Å². The maximum absolute atomic E-state index is 12.6. The van der Waals surface area contributed by atoms with Gasteiger partial charge in [-0.1, -0.05) is 0 Å². The first kappa shape index (κ1) is 18.5. The molecular formula is C17H27N3O4. The molecule has 0 saturated carbocycles. The Morgan fingerprint density at radius 1 is 1.29 bits per heavy atom. The summed E-state index contributed by atoms with van der Waals surface area (Å²) in [5.41, 5.74) is 0.648. The number of amides is 1. The van der Waals surface area contributed by atoms with E-state index in [9.17, 15) is 9.59 Å². The number of esters is 1. The highest BCUT2D eigenvalue weighted by molar-refractivity contribution is 5.92. The van der Waals surface area contributed by atoms with E-state index in [4.69, 9.17) is 9.47 Å². The second kappa shape index (κ2) is 9.44. The molecule has 0 spiro atoms. The van der Waals surface area contributed by atoms with E-state index >= 15 is 0 Å². The van der Waals surface area contributed by atoms with Crippen LogP contribution < -0.4 is 0 Å². The number of ether oxygens (including phenoxy) is 2. The van der Waals surface area contributed by atoms with Gasteiger partial charge in [-0.15, -0.1) is 0 Å². The molecule has 7 heteroatoms. The van der Waals surface area contributed by atoms with Gasteiger partial charge in [0.1, 0.15) is 5.69 Å². The lowest BCUT2D eigenvalue weighted by Crippen LogP contribution is -2.38. The van der Waals surface area contributed by atoms with Crippen molar-refractivity contribution >= 4 is 11.9 Å². The van der Waals surface area contributed by atoms with Crippen LogP contribution >= 0.6 is 0 Å². The van der Waals surface area contributed by atoms with Crippen LogP contribution in [0.4, 0.5) is 0 Å². The highest BCUT2D eigenvalue weighted by atomic mass is 16.5. The second-order valence-corrected chi connectivity index (χ2v) is 5.82. The summed E-state index contributed by atoms with van der Waals surface area (Å²) in [6, 6.07) is 3.70. The van der Waals surface area contributed by atoms with Crippen LogP contribution in [0.3, 0.4) is 0 Å². The van der Waals surface area contributed by atoms with Gasteiger partial charge in [0, 0.05) is 46.0 Å². The van der Waals surface area contributed by atoms with Crippen LogP contribution in [0, 0.1) is 0 Å². The molecule has 1 saturated heterocycles. The molecule has 24 heavy (non-hydrogen) atoms. The Bertz CT molecular complexity index is 538. The summed E-state index contributed by atoms with van der Waals surface area (Å²) in [6.07, 6.45) is 2.14. The van der Waals surface area contributed by atoms with Crippen molar-refractivity contribution in [3.05, 3.63) is 24.0 Å². The zero-order valence-corrected chi connectivity index (χ0v) is 14.6. The van der Waals surface area contributed by atoms with E-state index in [0.29, 0.717) is 18.8 Å². The molecule has 7 nitrogen and oxygen atoms in total. The zero-order valence-electron chi connectivity index (χ0n) is 14.6. The standard InChI is InChI=1S/C17H27N3O4/c1-3-24-16(21)6-8-18(2)17(22)15-5-4-7-20(15)10-9-19-11-13-23-14-12-19/h4-5,7H,3,6,8-14H2,1-2H3. The lowest BCUT2D eigenvalue weighted by Gasteiger charge is -2.27. The molecule has 1 aromatic rings. The molecule has 0 unspecified atom stereocenters. The molecule has 134 valence electrons. The average molecular weight is 337 g/mol. The number of hydrogen-bond donors (Lipinski definition) is 0. The van der Waals surface area contributed by atoms with Crippen molar-refractivity contribution in [1.29, 1.82) is 0 Å². The number of aromatic nitrogens is 1.